The first kappa shape index (κ1) is 16.3. The Morgan fingerprint density at radius 1 is 1.21 bits per heavy atom. The molecule has 2 heterocycles. The molecule has 5 nitrogen and oxygen atoms in total. The molecular weight excluding hydrogens is 326 g/mol. The van der Waals surface area contributed by atoms with E-state index in [1.165, 1.54) is 11.3 Å². The molecule has 6 heteroatoms. The van der Waals surface area contributed by atoms with Gasteiger partial charge in [-0.2, -0.15) is 0 Å². The number of aromatic nitrogens is 1. The van der Waals surface area contributed by atoms with Gasteiger partial charge in [0.2, 0.25) is 5.78 Å². The number of thiophene rings is 1. The van der Waals surface area contributed by atoms with Crippen LogP contribution in [0.5, 0.6) is 5.75 Å². The maximum Gasteiger partial charge on any atom is 0.305 e. The van der Waals surface area contributed by atoms with Crippen molar-refractivity contribution in [3.8, 4) is 5.75 Å². The molecule has 0 saturated carbocycles. The van der Waals surface area contributed by atoms with Crippen molar-refractivity contribution < 1.29 is 19.4 Å². The lowest BCUT2D eigenvalue weighted by Gasteiger charge is -2.04. The van der Waals surface area contributed by atoms with Crippen LogP contribution in [0.25, 0.3) is 10.2 Å². The first-order valence-electron chi connectivity index (χ1n) is 7.50. The Kier molecular flexibility index (Phi) is 4.40. The van der Waals surface area contributed by atoms with Gasteiger partial charge in [-0.25, -0.2) is 0 Å². The molecule has 0 aliphatic rings. The number of carboxylic acids is 1. The van der Waals surface area contributed by atoms with Gasteiger partial charge in [-0.1, -0.05) is 0 Å². The Balaban J connectivity index is 1.92. The van der Waals surface area contributed by atoms with E-state index < -0.39 is 5.97 Å². The highest BCUT2D eigenvalue weighted by molar-refractivity contribution is 7.20. The molecule has 0 aliphatic carbocycles. The summed E-state index contributed by atoms with van der Waals surface area (Å²) in [6.07, 6.45) is 0.0598. The molecule has 3 rings (SSSR count). The number of nitrogens with zero attached hydrogens (tertiary/aromatic N) is 1. The van der Waals surface area contributed by atoms with E-state index in [9.17, 15) is 9.59 Å². The first-order chi connectivity index (χ1) is 11.5. The molecule has 0 atom stereocenters. The van der Waals surface area contributed by atoms with Crippen molar-refractivity contribution >= 4 is 33.3 Å². The molecule has 0 fully saturated rings. The maximum absolute atomic E-state index is 12.6. The molecule has 24 heavy (non-hydrogen) atoms. The van der Waals surface area contributed by atoms with Crippen LogP contribution < -0.4 is 4.74 Å². The van der Waals surface area contributed by atoms with Crippen molar-refractivity contribution in [3.05, 3.63) is 52.5 Å². The molecule has 0 unspecified atom stereocenters. The van der Waals surface area contributed by atoms with Gasteiger partial charge >= 0.3 is 5.97 Å². The number of carbonyl (C=O) groups is 2. The van der Waals surface area contributed by atoms with E-state index in [1.54, 1.807) is 31.4 Å². The summed E-state index contributed by atoms with van der Waals surface area (Å²) in [6, 6.07) is 10.9. The second-order valence-corrected chi connectivity index (χ2v) is 6.54. The van der Waals surface area contributed by atoms with Crippen LogP contribution in [0.2, 0.25) is 0 Å². The highest BCUT2D eigenvalue weighted by atomic mass is 32.1. The minimum absolute atomic E-state index is 0.0405. The third-order valence-electron chi connectivity index (χ3n) is 3.90. The Hall–Kier alpha value is -2.60. The van der Waals surface area contributed by atoms with Crippen LogP contribution in [-0.2, 0) is 11.3 Å². The van der Waals surface area contributed by atoms with Crippen LogP contribution in [0.1, 0.15) is 27.3 Å². The van der Waals surface area contributed by atoms with Crippen LogP contribution in [0.15, 0.2) is 36.4 Å². The van der Waals surface area contributed by atoms with E-state index in [-0.39, 0.29) is 12.2 Å². The van der Waals surface area contributed by atoms with E-state index in [4.69, 9.17) is 9.84 Å². The number of hydrogen-bond acceptors (Lipinski definition) is 4. The number of ketones is 1. The van der Waals surface area contributed by atoms with Crippen LogP contribution in [0.4, 0.5) is 0 Å². The third kappa shape index (κ3) is 3.05. The second kappa shape index (κ2) is 6.49. The van der Waals surface area contributed by atoms with Crippen molar-refractivity contribution in [1.29, 1.82) is 0 Å². The normalized spacial score (nSPS) is 10.9. The predicted molar refractivity (Wildman–Crippen MR) is 93.2 cm³/mol. The quantitative estimate of drug-likeness (QED) is 0.693. The van der Waals surface area contributed by atoms with E-state index in [2.05, 4.69) is 0 Å². The van der Waals surface area contributed by atoms with Crippen LogP contribution in [-0.4, -0.2) is 28.5 Å². The molecule has 0 amide bonds. The summed E-state index contributed by atoms with van der Waals surface area (Å²) in [5, 5.41) is 9.86. The van der Waals surface area contributed by atoms with Crippen LogP contribution in [0.3, 0.4) is 0 Å². The van der Waals surface area contributed by atoms with Crippen molar-refractivity contribution in [2.45, 2.75) is 19.9 Å². The fourth-order valence-electron chi connectivity index (χ4n) is 2.65. The topological polar surface area (TPSA) is 68.5 Å². The predicted octanol–water partition coefficient (Wildman–Crippen LogP) is 3.73. The molecule has 0 bridgehead atoms. The number of fused-ring (bicyclic) bond motifs is 1. The zero-order valence-corrected chi connectivity index (χ0v) is 14.2. The fourth-order valence-corrected chi connectivity index (χ4v) is 3.84. The molecule has 0 aliphatic heterocycles. The lowest BCUT2D eigenvalue weighted by Crippen LogP contribution is -2.05. The molecule has 0 radical (unpaired) electrons. The van der Waals surface area contributed by atoms with Gasteiger partial charge in [0.25, 0.3) is 0 Å². The van der Waals surface area contributed by atoms with Gasteiger partial charge in [-0.15, -0.1) is 11.3 Å². The van der Waals surface area contributed by atoms with Crippen molar-refractivity contribution in [2.75, 3.05) is 7.11 Å². The summed E-state index contributed by atoms with van der Waals surface area (Å²) in [6.45, 7) is 2.35. The van der Waals surface area contributed by atoms with Crippen molar-refractivity contribution in [2.24, 2.45) is 0 Å². The lowest BCUT2D eigenvalue weighted by molar-refractivity contribution is -0.137. The fraction of sp³-hybridized carbons (Fsp3) is 0.222. The van der Waals surface area contributed by atoms with Gasteiger partial charge in [0.05, 0.1) is 18.4 Å². The Bertz CT molecular complexity index is 905. The molecule has 3 aromatic rings. The molecular formula is C18H17NO4S. The van der Waals surface area contributed by atoms with E-state index in [0.29, 0.717) is 22.7 Å². The lowest BCUT2D eigenvalue weighted by atomic mass is 10.1. The summed E-state index contributed by atoms with van der Waals surface area (Å²) in [5.41, 5.74) is 1.61. The zero-order valence-electron chi connectivity index (χ0n) is 13.4. The zero-order chi connectivity index (χ0) is 17.3. The third-order valence-corrected chi connectivity index (χ3v) is 5.07. The highest BCUT2D eigenvalue weighted by Crippen LogP contribution is 2.31. The van der Waals surface area contributed by atoms with Gasteiger partial charge in [0, 0.05) is 23.2 Å². The van der Waals surface area contributed by atoms with E-state index >= 15 is 0 Å². The monoisotopic (exact) mass is 343 g/mol. The Labute approximate surface area is 143 Å². The van der Waals surface area contributed by atoms with Crippen LogP contribution >= 0.6 is 11.3 Å². The van der Waals surface area contributed by atoms with E-state index in [1.807, 2.05) is 23.6 Å². The van der Waals surface area contributed by atoms with Gasteiger partial charge in [-0.05, 0) is 43.3 Å². The molecule has 0 spiro atoms. The molecule has 1 aromatic carbocycles. The van der Waals surface area contributed by atoms with Gasteiger partial charge in [0.1, 0.15) is 10.6 Å². The van der Waals surface area contributed by atoms with Crippen molar-refractivity contribution in [3.63, 3.8) is 0 Å². The Morgan fingerprint density at radius 2 is 1.92 bits per heavy atom. The minimum atomic E-state index is -0.831. The number of hydrogen-bond donors (Lipinski definition) is 1. The average molecular weight is 343 g/mol. The number of ether oxygens (including phenoxy) is 1. The SMILES string of the molecule is COc1ccc(C(=O)c2cc3cc(C)n(CCC(=O)O)c3s2)cc1. The van der Waals surface area contributed by atoms with Gasteiger partial charge in [-0.3, -0.25) is 9.59 Å². The van der Waals surface area contributed by atoms with Crippen LogP contribution in [0, 0.1) is 6.92 Å². The number of methoxy groups -OCH3 is 1. The number of aryl methyl sites for hydroxylation is 2. The highest BCUT2D eigenvalue weighted by Gasteiger charge is 2.16. The average Bonchev–Trinajstić information content (AvgIpc) is 3.09. The minimum Gasteiger partial charge on any atom is -0.497 e. The standard InChI is InChI=1S/C18H17NO4S/c1-11-9-13-10-15(24-18(13)19(11)8-7-16(20)21)17(22)12-3-5-14(23-2)6-4-12/h3-6,9-10H,7-8H2,1-2H3,(H,20,21). The number of rotatable bonds is 6. The number of benzene rings is 1. The Morgan fingerprint density at radius 3 is 2.54 bits per heavy atom. The summed E-state index contributed by atoms with van der Waals surface area (Å²) < 4.78 is 7.06. The maximum atomic E-state index is 12.6. The molecule has 1 N–H and O–H groups in total. The smallest absolute Gasteiger partial charge is 0.305 e. The van der Waals surface area contributed by atoms with Crippen molar-refractivity contribution in [1.82, 2.24) is 4.57 Å². The number of aliphatic carboxylic acids is 1. The second-order valence-electron chi connectivity index (χ2n) is 5.51. The molecule has 124 valence electrons. The summed E-state index contributed by atoms with van der Waals surface area (Å²) in [7, 11) is 1.58. The first-order valence-corrected chi connectivity index (χ1v) is 8.31. The van der Waals surface area contributed by atoms with Gasteiger partial charge < -0.3 is 14.4 Å². The summed E-state index contributed by atoms with van der Waals surface area (Å²) >= 11 is 1.40. The van der Waals surface area contributed by atoms with E-state index in [0.717, 1.165) is 15.9 Å². The summed E-state index contributed by atoms with van der Waals surface area (Å²) in [5.74, 6) is -0.165. The number of carboxylic acid groups (broad SMARTS) is 1. The molecule has 0 saturated heterocycles. The number of carbonyl (C=O) groups excluding carboxylic acids is 1. The molecule has 2 aromatic heterocycles. The largest absolute Gasteiger partial charge is 0.497 e. The summed E-state index contributed by atoms with van der Waals surface area (Å²) in [4.78, 5) is 25.0. The van der Waals surface area contributed by atoms with Gasteiger partial charge in [0.15, 0.2) is 0 Å².